The SMILES string of the molecule is C=C(C)C(=O)OC[Si](C)N[Si]N[Si]. The summed E-state index contributed by atoms with van der Waals surface area (Å²) in [5.74, 6) is -0.319. The molecule has 0 rings (SSSR count). The van der Waals surface area contributed by atoms with Crippen LogP contribution in [0.4, 0.5) is 0 Å². The van der Waals surface area contributed by atoms with E-state index in [1.54, 1.807) is 6.92 Å². The molecule has 0 spiro atoms. The van der Waals surface area contributed by atoms with Gasteiger partial charge < -0.3 is 14.0 Å². The minimum atomic E-state index is -0.796. The van der Waals surface area contributed by atoms with Gasteiger partial charge in [0.25, 0.3) is 0 Å². The average Bonchev–Trinajstić information content (AvgIpc) is 2.10. The minimum Gasteiger partial charge on any atom is -0.465 e. The molecule has 0 aliphatic carbocycles. The highest BCUT2D eigenvalue weighted by Crippen LogP contribution is 1.91. The summed E-state index contributed by atoms with van der Waals surface area (Å²) in [6, 6.07) is 0. The zero-order valence-corrected chi connectivity index (χ0v) is 10.7. The average molecular weight is 228 g/mol. The highest BCUT2D eigenvalue weighted by molar-refractivity contribution is 6.64. The van der Waals surface area contributed by atoms with E-state index < -0.39 is 8.96 Å². The summed E-state index contributed by atoms with van der Waals surface area (Å²) in [5.41, 5.74) is 0.440. The van der Waals surface area contributed by atoms with Crippen LogP contribution < -0.4 is 9.30 Å². The molecule has 70 valence electrons. The number of esters is 1. The van der Waals surface area contributed by atoms with E-state index in [0.29, 0.717) is 21.6 Å². The van der Waals surface area contributed by atoms with Gasteiger partial charge in [0, 0.05) is 5.57 Å². The van der Waals surface area contributed by atoms with E-state index in [1.165, 1.54) is 0 Å². The number of nitrogens with one attached hydrogen (secondary N) is 2. The molecule has 0 saturated carbocycles. The fourth-order valence-electron chi connectivity index (χ4n) is 0.471. The lowest BCUT2D eigenvalue weighted by atomic mass is 10.4. The zero-order valence-electron chi connectivity index (χ0n) is 7.73. The quantitative estimate of drug-likeness (QED) is 0.350. The normalized spacial score (nSPS) is 10.2. The molecule has 4 nitrogen and oxygen atoms in total. The fourth-order valence-corrected chi connectivity index (χ4v) is 2.77. The van der Waals surface area contributed by atoms with Crippen LogP contribution in [0, 0.1) is 0 Å². The van der Waals surface area contributed by atoms with E-state index >= 15 is 0 Å². The predicted molar refractivity (Wildman–Crippen MR) is 55.2 cm³/mol. The highest BCUT2D eigenvalue weighted by Gasteiger charge is 2.08. The molecular formula is C6H12N2O2Si3. The molecule has 0 saturated heterocycles. The molecule has 0 atom stereocenters. The number of ether oxygens (including phenoxy) is 1. The Labute approximate surface area is 86.3 Å². The summed E-state index contributed by atoms with van der Waals surface area (Å²) in [5, 5.41) is 0. The van der Waals surface area contributed by atoms with Crippen molar-refractivity contribution in [1.29, 1.82) is 0 Å². The summed E-state index contributed by atoms with van der Waals surface area (Å²) in [4.78, 5) is 11.0. The van der Waals surface area contributed by atoms with Gasteiger partial charge in [-0.1, -0.05) is 13.1 Å². The molecule has 0 aromatic rings. The van der Waals surface area contributed by atoms with Gasteiger partial charge in [-0.3, -0.25) is 0 Å². The Bertz CT molecular complexity index is 189. The van der Waals surface area contributed by atoms with Gasteiger partial charge >= 0.3 is 5.97 Å². The van der Waals surface area contributed by atoms with Gasteiger partial charge in [-0.2, -0.15) is 0 Å². The van der Waals surface area contributed by atoms with E-state index in [-0.39, 0.29) is 5.97 Å². The smallest absolute Gasteiger partial charge is 0.332 e. The molecule has 0 aliphatic rings. The molecule has 0 heterocycles. The second-order valence-electron chi connectivity index (χ2n) is 2.51. The standard InChI is InChI=1S/C6H12N2O2Si3/c1-5(2)6(9)10-4-13(3)8-12-7-11/h7-8H,1,4H2,2-3H3. The Morgan fingerprint density at radius 2 is 2.38 bits per heavy atom. The Morgan fingerprint density at radius 1 is 1.77 bits per heavy atom. The summed E-state index contributed by atoms with van der Waals surface area (Å²) >= 11 is 0. The lowest BCUT2D eigenvalue weighted by Crippen LogP contribution is -2.44. The maximum Gasteiger partial charge on any atom is 0.332 e. The van der Waals surface area contributed by atoms with Crippen LogP contribution in [-0.4, -0.2) is 41.4 Å². The Kier molecular flexibility index (Phi) is 7.09. The third kappa shape index (κ3) is 6.90. The summed E-state index contributed by atoms with van der Waals surface area (Å²) in [7, 11) is 2.76. The van der Waals surface area contributed by atoms with Crippen LogP contribution in [0.3, 0.4) is 0 Å². The van der Waals surface area contributed by atoms with Crippen molar-refractivity contribution < 1.29 is 9.53 Å². The summed E-state index contributed by atoms with van der Waals surface area (Å²) < 4.78 is 11.0. The van der Waals surface area contributed by atoms with E-state index in [4.69, 9.17) is 4.74 Å². The van der Waals surface area contributed by atoms with Crippen LogP contribution in [0.25, 0.3) is 0 Å². The van der Waals surface area contributed by atoms with E-state index in [9.17, 15) is 4.79 Å². The molecule has 13 heavy (non-hydrogen) atoms. The topological polar surface area (TPSA) is 50.4 Å². The van der Waals surface area contributed by atoms with Gasteiger partial charge in [-0.25, -0.2) is 4.79 Å². The first-order valence-corrected chi connectivity index (χ1v) is 7.36. The van der Waals surface area contributed by atoms with E-state index in [2.05, 4.69) is 26.3 Å². The maximum atomic E-state index is 11.0. The Morgan fingerprint density at radius 3 is 2.85 bits per heavy atom. The number of rotatable bonds is 6. The fraction of sp³-hybridized carbons (Fsp3) is 0.500. The van der Waals surface area contributed by atoms with Crippen LogP contribution in [0.1, 0.15) is 6.92 Å². The Hall–Kier alpha value is -0.219. The van der Waals surface area contributed by atoms with E-state index in [0.717, 1.165) is 0 Å². The first-order chi connectivity index (χ1) is 6.07. The van der Waals surface area contributed by atoms with Gasteiger partial charge in [0.2, 0.25) is 9.84 Å². The lowest BCUT2D eigenvalue weighted by Gasteiger charge is -2.10. The molecule has 0 aliphatic heterocycles. The molecular weight excluding hydrogens is 216 g/mol. The van der Waals surface area contributed by atoms with Crippen molar-refractivity contribution in [1.82, 2.24) is 9.30 Å². The van der Waals surface area contributed by atoms with Gasteiger partial charge in [-0.05, 0) is 6.92 Å². The number of hydrogen-bond donors (Lipinski definition) is 2. The predicted octanol–water partition coefficient (Wildman–Crippen LogP) is -0.937. The second-order valence-corrected chi connectivity index (χ2v) is 6.61. The molecule has 6 radical (unpaired) electrons. The third-order valence-electron chi connectivity index (χ3n) is 1.11. The van der Waals surface area contributed by atoms with Crippen molar-refractivity contribution in [2.75, 3.05) is 6.23 Å². The molecule has 0 aromatic carbocycles. The first kappa shape index (κ1) is 12.8. The minimum absolute atomic E-state index is 0.319. The van der Waals surface area contributed by atoms with Crippen LogP contribution in [0.5, 0.6) is 0 Å². The van der Waals surface area contributed by atoms with Crippen molar-refractivity contribution in [2.45, 2.75) is 13.5 Å². The number of hydrogen-bond acceptors (Lipinski definition) is 4. The second kappa shape index (κ2) is 7.21. The number of carbonyl (C=O) groups is 1. The van der Waals surface area contributed by atoms with Gasteiger partial charge in [0.1, 0.15) is 10.4 Å². The molecule has 0 unspecified atom stereocenters. The van der Waals surface area contributed by atoms with Crippen molar-refractivity contribution in [3.8, 4) is 0 Å². The Balaban J connectivity index is 3.51. The highest BCUT2D eigenvalue weighted by atomic mass is 28.3. The third-order valence-corrected chi connectivity index (χ3v) is 4.39. The summed E-state index contributed by atoms with van der Waals surface area (Å²) in [6.07, 6.45) is 0.456. The van der Waals surface area contributed by atoms with Gasteiger partial charge in [0.05, 0.1) is 6.23 Å². The summed E-state index contributed by atoms with van der Waals surface area (Å²) in [6.45, 7) is 7.17. The molecule has 0 aromatic heterocycles. The van der Waals surface area contributed by atoms with Crippen molar-refractivity contribution in [2.24, 2.45) is 0 Å². The van der Waals surface area contributed by atoms with Crippen LogP contribution >= 0.6 is 0 Å². The lowest BCUT2D eigenvalue weighted by molar-refractivity contribution is -0.137. The first-order valence-electron chi connectivity index (χ1n) is 3.65. The number of carbonyl (C=O) groups excluding carboxylic acids is 1. The molecule has 0 amide bonds. The van der Waals surface area contributed by atoms with Gasteiger partial charge in [-0.15, -0.1) is 0 Å². The van der Waals surface area contributed by atoms with Crippen LogP contribution in [0.2, 0.25) is 6.55 Å². The van der Waals surface area contributed by atoms with Crippen LogP contribution in [0.15, 0.2) is 12.2 Å². The van der Waals surface area contributed by atoms with Crippen molar-refractivity contribution in [3.05, 3.63) is 12.2 Å². The van der Waals surface area contributed by atoms with E-state index in [1.807, 2.05) is 6.55 Å². The molecule has 0 bridgehead atoms. The largest absolute Gasteiger partial charge is 0.465 e. The molecule has 7 heteroatoms. The van der Waals surface area contributed by atoms with Crippen LogP contribution in [-0.2, 0) is 9.53 Å². The molecule has 2 N–H and O–H groups in total. The zero-order chi connectivity index (χ0) is 10.3. The molecule has 0 fully saturated rings. The van der Waals surface area contributed by atoms with Crippen molar-refractivity contribution >= 4 is 35.2 Å². The monoisotopic (exact) mass is 228 g/mol. The maximum absolute atomic E-state index is 11.0. The van der Waals surface area contributed by atoms with Crippen molar-refractivity contribution in [3.63, 3.8) is 0 Å². The van der Waals surface area contributed by atoms with Gasteiger partial charge in [0.15, 0.2) is 8.96 Å².